The molecule has 0 bridgehead atoms. The first-order valence-corrected chi connectivity index (χ1v) is 7.33. The summed E-state index contributed by atoms with van der Waals surface area (Å²) in [5.74, 6) is -0.746. The van der Waals surface area contributed by atoms with Gasteiger partial charge in [-0.2, -0.15) is 0 Å². The second kappa shape index (κ2) is 6.57. The van der Waals surface area contributed by atoms with E-state index < -0.39 is 12.0 Å². The van der Waals surface area contributed by atoms with Crippen molar-refractivity contribution >= 4 is 17.6 Å². The molecular formula is C15H21ClN2O2. The molecule has 0 amide bonds. The minimum atomic E-state index is -0.746. The molecule has 0 aromatic heterocycles. The summed E-state index contributed by atoms with van der Waals surface area (Å²) >= 11 is 5.91. The Morgan fingerprint density at radius 1 is 1.10 bits per heavy atom. The first kappa shape index (κ1) is 15.3. The molecule has 5 heteroatoms. The van der Waals surface area contributed by atoms with Gasteiger partial charge in [-0.15, -0.1) is 0 Å². The van der Waals surface area contributed by atoms with Crippen molar-refractivity contribution < 1.29 is 9.90 Å². The Balaban J connectivity index is 1.93. The minimum Gasteiger partial charge on any atom is -0.480 e. The fourth-order valence-corrected chi connectivity index (χ4v) is 2.75. The van der Waals surface area contributed by atoms with Gasteiger partial charge in [-0.25, -0.2) is 0 Å². The van der Waals surface area contributed by atoms with Crippen LogP contribution in [0.5, 0.6) is 0 Å². The maximum Gasteiger partial charge on any atom is 0.320 e. The molecule has 0 radical (unpaired) electrons. The molecule has 2 atom stereocenters. The molecule has 0 saturated carbocycles. The van der Waals surface area contributed by atoms with Crippen molar-refractivity contribution in [2.45, 2.75) is 25.9 Å². The summed E-state index contributed by atoms with van der Waals surface area (Å²) in [4.78, 5) is 15.4. The Morgan fingerprint density at radius 3 is 2.10 bits per heavy atom. The molecule has 1 heterocycles. The number of halogens is 1. The van der Waals surface area contributed by atoms with Crippen molar-refractivity contribution in [3.05, 3.63) is 34.9 Å². The van der Waals surface area contributed by atoms with E-state index in [1.54, 1.807) is 6.92 Å². The monoisotopic (exact) mass is 296 g/mol. The van der Waals surface area contributed by atoms with Crippen LogP contribution >= 0.6 is 11.6 Å². The number of nitrogens with zero attached hydrogens (tertiary/aromatic N) is 2. The van der Waals surface area contributed by atoms with Crippen LogP contribution in [0.15, 0.2) is 24.3 Å². The van der Waals surface area contributed by atoms with Crippen LogP contribution < -0.4 is 0 Å². The van der Waals surface area contributed by atoms with E-state index in [9.17, 15) is 4.79 Å². The fourth-order valence-electron chi connectivity index (χ4n) is 2.62. The molecule has 4 nitrogen and oxygen atoms in total. The van der Waals surface area contributed by atoms with Gasteiger partial charge in [0.25, 0.3) is 0 Å². The highest BCUT2D eigenvalue weighted by molar-refractivity contribution is 6.30. The number of aliphatic carboxylic acids is 1. The van der Waals surface area contributed by atoms with Gasteiger partial charge in [0.1, 0.15) is 6.04 Å². The van der Waals surface area contributed by atoms with Crippen LogP contribution in [-0.2, 0) is 4.79 Å². The normalized spacial score (nSPS) is 20.6. The lowest BCUT2D eigenvalue weighted by molar-refractivity contribution is -0.143. The molecule has 2 rings (SSSR count). The maximum atomic E-state index is 11.0. The number of carboxylic acids is 1. The van der Waals surface area contributed by atoms with Gasteiger partial charge in [-0.3, -0.25) is 14.6 Å². The molecule has 20 heavy (non-hydrogen) atoms. The van der Waals surface area contributed by atoms with E-state index in [0.29, 0.717) is 6.04 Å². The zero-order valence-electron chi connectivity index (χ0n) is 11.9. The molecule has 1 saturated heterocycles. The first-order valence-electron chi connectivity index (χ1n) is 6.95. The number of hydrogen-bond acceptors (Lipinski definition) is 3. The van der Waals surface area contributed by atoms with E-state index >= 15 is 0 Å². The van der Waals surface area contributed by atoms with Gasteiger partial charge in [-0.1, -0.05) is 23.7 Å². The summed E-state index contributed by atoms with van der Waals surface area (Å²) in [5, 5.41) is 9.80. The molecule has 1 aliphatic rings. The molecule has 0 spiro atoms. The molecule has 0 unspecified atom stereocenters. The van der Waals surface area contributed by atoms with Gasteiger partial charge in [0.2, 0.25) is 0 Å². The summed E-state index contributed by atoms with van der Waals surface area (Å²) < 4.78 is 0. The second-order valence-electron chi connectivity index (χ2n) is 5.31. The van der Waals surface area contributed by atoms with Crippen LogP contribution in [0.4, 0.5) is 0 Å². The number of rotatable bonds is 4. The molecule has 0 aliphatic carbocycles. The predicted molar refractivity (Wildman–Crippen MR) is 80.1 cm³/mol. The van der Waals surface area contributed by atoms with Crippen molar-refractivity contribution in [1.29, 1.82) is 0 Å². The number of hydrogen-bond donors (Lipinski definition) is 1. The van der Waals surface area contributed by atoms with Crippen LogP contribution in [0.25, 0.3) is 0 Å². The molecular weight excluding hydrogens is 276 g/mol. The van der Waals surface area contributed by atoms with E-state index in [1.165, 1.54) is 5.56 Å². The quantitative estimate of drug-likeness (QED) is 0.927. The Bertz CT molecular complexity index is 455. The van der Waals surface area contributed by atoms with E-state index in [0.717, 1.165) is 31.2 Å². The largest absolute Gasteiger partial charge is 0.480 e. The SMILES string of the molecule is C[C@H](C(=O)O)N1CCN([C@H](C)c2ccc(Cl)cc2)CC1. The van der Waals surface area contributed by atoms with Crippen LogP contribution in [-0.4, -0.2) is 53.1 Å². The van der Waals surface area contributed by atoms with E-state index in [1.807, 2.05) is 17.0 Å². The average molecular weight is 297 g/mol. The summed E-state index contributed by atoms with van der Waals surface area (Å²) in [7, 11) is 0. The maximum absolute atomic E-state index is 11.0. The summed E-state index contributed by atoms with van der Waals surface area (Å²) in [5.41, 5.74) is 1.24. The van der Waals surface area contributed by atoms with Gasteiger partial charge in [-0.05, 0) is 31.5 Å². The third-order valence-corrected chi connectivity index (χ3v) is 4.41. The highest BCUT2D eigenvalue weighted by Crippen LogP contribution is 2.23. The van der Waals surface area contributed by atoms with Crippen molar-refractivity contribution in [2.24, 2.45) is 0 Å². The molecule has 1 aromatic rings. The van der Waals surface area contributed by atoms with Crippen LogP contribution in [0.2, 0.25) is 5.02 Å². The third-order valence-electron chi connectivity index (χ3n) is 4.15. The average Bonchev–Trinajstić information content (AvgIpc) is 2.46. The molecule has 1 fully saturated rings. The standard InChI is InChI=1S/C15H21ClN2O2/c1-11(13-3-5-14(16)6-4-13)17-7-9-18(10-8-17)12(2)15(19)20/h3-6,11-12H,7-10H2,1-2H3,(H,19,20)/t11-,12-/m1/s1. The van der Waals surface area contributed by atoms with Gasteiger partial charge < -0.3 is 5.11 Å². The van der Waals surface area contributed by atoms with Crippen LogP contribution in [0.1, 0.15) is 25.5 Å². The second-order valence-corrected chi connectivity index (χ2v) is 5.75. The lowest BCUT2D eigenvalue weighted by Crippen LogP contribution is -2.52. The minimum absolute atomic E-state index is 0.328. The van der Waals surface area contributed by atoms with Crippen molar-refractivity contribution in [2.75, 3.05) is 26.2 Å². The van der Waals surface area contributed by atoms with E-state index in [-0.39, 0.29) is 0 Å². The molecule has 110 valence electrons. The summed E-state index contributed by atoms with van der Waals surface area (Å²) in [6.45, 7) is 7.31. The first-order chi connectivity index (χ1) is 9.49. The zero-order valence-corrected chi connectivity index (χ0v) is 12.7. The lowest BCUT2D eigenvalue weighted by atomic mass is 10.1. The van der Waals surface area contributed by atoms with Crippen molar-refractivity contribution in [1.82, 2.24) is 9.80 Å². The Labute approximate surface area is 124 Å². The van der Waals surface area contributed by atoms with Crippen LogP contribution in [0.3, 0.4) is 0 Å². The molecule has 1 aliphatic heterocycles. The number of carboxylic acid groups (broad SMARTS) is 1. The summed E-state index contributed by atoms with van der Waals surface area (Å²) in [6, 6.07) is 7.86. The predicted octanol–water partition coefficient (Wildman–Crippen LogP) is 2.49. The Hall–Kier alpha value is -1.10. The van der Waals surface area contributed by atoms with E-state index in [4.69, 9.17) is 16.7 Å². The van der Waals surface area contributed by atoms with E-state index in [2.05, 4.69) is 24.0 Å². The van der Waals surface area contributed by atoms with Gasteiger partial charge >= 0.3 is 5.97 Å². The van der Waals surface area contributed by atoms with Crippen LogP contribution in [0, 0.1) is 0 Å². The van der Waals surface area contributed by atoms with Crippen molar-refractivity contribution in [3.63, 3.8) is 0 Å². The number of piperazine rings is 1. The topological polar surface area (TPSA) is 43.8 Å². The number of carbonyl (C=O) groups is 1. The highest BCUT2D eigenvalue weighted by atomic mass is 35.5. The fraction of sp³-hybridized carbons (Fsp3) is 0.533. The van der Waals surface area contributed by atoms with Gasteiger partial charge in [0.05, 0.1) is 0 Å². The lowest BCUT2D eigenvalue weighted by Gasteiger charge is -2.39. The highest BCUT2D eigenvalue weighted by Gasteiger charge is 2.27. The molecule has 1 aromatic carbocycles. The smallest absolute Gasteiger partial charge is 0.320 e. The third kappa shape index (κ3) is 3.51. The van der Waals surface area contributed by atoms with Gasteiger partial charge in [0.15, 0.2) is 0 Å². The Morgan fingerprint density at radius 2 is 1.60 bits per heavy atom. The Kier molecular flexibility index (Phi) is 5.02. The van der Waals surface area contributed by atoms with Gasteiger partial charge in [0, 0.05) is 37.2 Å². The zero-order chi connectivity index (χ0) is 14.7. The number of benzene rings is 1. The summed E-state index contributed by atoms with van der Waals surface area (Å²) in [6.07, 6.45) is 0. The molecule has 1 N–H and O–H groups in total. The van der Waals surface area contributed by atoms with Crippen molar-refractivity contribution in [3.8, 4) is 0 Å².